The quantitative estimate of drug-likeness (QED) is 0.697. The van der Waals surface area contributed by atoms with Crippen LogP contribution in [0.15, 0.2) is 24.3 Å². The normalized spacial score (nSPS) is 11.9. The largest absolute Gasteiger partial charge is 0.469 e. The van der Waals surface area contributed by atoms with E-state index >= 15 is 0 Å². The SMILES string of the molecule is CCN(CCCN(C)C)C(=O)Nc1ccc(C[C@@H](C)C(=O)OC)cc1. The number of hydrogen-bond donors (Lipinski definition) is 1. The number of methoxy groups -OCH3 is 1. The van der Waals surface area contributed by atoms with Crippen molar-refractivity contribution in [2.75, 3.05) is 46.2 Å². The Hall–Kier alpha value is -2.08. The van der Waals surface area contributed by atoms with Gasteiger partial charge in [0.2, 0.25) is 0 Å². The van der Waals surface area contributed by atoms with Gasteiger partial charge in [-0.2, -0.15) is 0 Å². The van der Waals surface area contributed by atoms with Crippen molar-refractivity contribution in [3.63, 3.8) is 0 Å². The summed E-state index contributed by atoms with van der Waals surface area (Å²) < 4.78 is 4.74. The topological polar surface area (TPSA) is 61.9 Å². The summed E-state index contributed by atoms with van der Waals surface area (Å²) in [5.41, 5.74) is 1.79. The molecular formula is C19H31N3O3. The highest BCUT2D eigenvalue weighted by Gasteiger charge is 2.14. The first kappa shape index (κ1) is 21.0. The molecule has 1 aromatic carbocycles. The number of nitrogens with one attached hydrogen (secondary N) is 1. The molecule has 1 aromatic rings. The Morgan fingerprint density at radius 2 is 1.80 bits per heavy atom. The van der Waals surface area contributed by atoms with E-state index in [0.717, 1.165) is 30.8 Å². The lowest BCUT2D eigenvalue weighted by atomic mass is 10.0. The molecule has 0 aliphatic heterocycles. The third kappa shape index (κ3) is 7.56. The zero-order valence-electron chi connectivity index (χ0n) is 16.0. The predicted octanol–water partition coefficient (Wildman–Crippen LogP) is 2.84. The molecule has 0 aliphatic carbocycles. The van der Waals surface area contributed by atoms with Crippen molar-refractivity contribution in [2.45, 2.75) is 26.7 Å². The van der Waals surface area contributed by atoms with Crippen molar-refractivity contribution in [3.8, 4) is 0 Å². The zero-order valence-corrected chi connectivity index (χ0v) is 16.0. The Kier molecular flexibility index (Phi) is 8.99. The van der Waals surface area contributed by atoms with E-state index in [0.29, 0.717) is 13.0 Å². The van der Waals surface area contributed by atoms with Gasteiger partial charge in [0.05, 0.1) is 13.0 Å². The molecule has 140 valence electrons. The molecule has 0 spiro atoms. The van der Waals surface area contributed by atoms with Gasteiger partial charge in [0, 0.05) is 18.8 Å². The lowest BCUT2D eigenvalue weighted by Crippen LogP contribution is -2.36. The Morgan fingerprint density at radius 3 is 2.32 bits per heavy atom. The number of esters is 1. The first-order chi connectivity index (χ1) is 11.9. The number of carbonyl (C=O) groups excluding carboxylic acids is 2. The fourth-order valence-corrected chi connectivity index (χ4v) is 2.55. The molecular weight excluding hydrogens is 318 g/mol. The lowest BCUT2D eigenvalue weighted by molar-refractivity contribution is -0.144. The van der Waals surface area contributed by atoms with Crippen LogP contribution >= 0.6 is 0 Å². The highest BCUT2D eigenvalue weighted by molar-refractivity contribution is 5.89. The van der Waals surface area contributed by atoms with Crippen molar-refractivity contribution in [1.82, 2.24) is 9.80 Å². The molecule has 2 amide bonds. The Labute approximate surface area is 151 Å². The van der Waals surface area contributed by atoms with Crippen molar-refractivity contribution in [2.24, 2.45) is 5.92 Å². The van der Waals surface area contributed by atoms with Crippen LogP contribution in [0.4, 0.5) is 10.5 Å². The van der Waals surface area contributed by atoms with Gasteiger partial charge in [-0.1, -0.05) is 19.1 Å². The van der Waals surface area contributed by atoms with E-state index in [1.807, 2.05) is 52.2 Å². The number of urea groups is 1. The van der Waals surface area contributed by atoms with E-state index in [4.69, 9.17) is 4.74 Å². The molecule has 25 heavy (non-hydrogen) atoms. The van der Waals surface area contributed by atoms with Gasteiger partial charge in [-0.05, 0) is 58.1 Å². The smallest absolute Gasteiger partial charge is 0.321 e. The number of carbonyl (C=O) groups is 2. The maximum atomic E-state index is 12.4. The van der Waals surface area contributed by atoms with Gasteiger partial charge < -0.3 is 19.9 Å². The van der Waals surface area contributed by atoms with Gasteiger partial charge in [-0.3, -0.25) is 4.79 Å². The first-order valence-electron chi connectivity index (χ1n) is 8.74. The summed E-state index contributed by atoms with van der Waals surface area (Å²) >= 11 is 0. The highest BCUT2D eigenvalue weighted by atomic mass is 16.5. The molecule has 0 radical (unpaired) electrons. The molecule has 6 heteroatoms. The van der Waals surface area contributed by atoms with Gasteiger partial charge in [0.25, 0.3) is 0 Å². The summed E-state index contributed by atoms with van der Waals surface area (Å²) in [7, 11) is 5.45. The van der Waals surface area contributed by atoms with Gasteiger partial charge in [-0.15, -0.1) is 0 Å². The van der Waals surface area contributed by atoms with E-state index in [2.05, 4.69) is 10.2 Å². The van der Waals surface area contributed by atoms with Crippen LogP contribution in [0.5, 0.6) is 0 Å². The van der Waals surface area contributed by atoms with Crippen molar-refractivity contribution < 1.29 is 14.3 Å². The number of ether oxygens (including phenoxy) is 1. The molecule has 0 heterocycles. The minimum absolute atomic E-state index is 0.0862. The molecule has 0 bridgehead atoms. The Bertz CT molecular complexity index is 543. The minimum atomic E-state index is -0.214. The van der Waals surface area contributed by atoms with Gasteiger partial charge in [0.1, 0.15) is 0 Å². The number of benzene rings is 1. The second kappa shape index (κ2) is 10.7. The molecule has 1 N–H and O–H groups in total. The van der Waals surface area contributed by atoms with Crippen LogP contribution in [0.3, 0.4) is 0 Å². The van der Waals surface area contributed by atoms with Gasteiger partial charge in [0.15, 0.2) is 0 Å². The van der Waals surface area contributed by atoms with Crippen LogP contribution in [-0.2, 0) is 16.0 Å². The summed E-state index contributed by atoms with van der Waals surface area (Å²) in [6, 6.07) is 7.50. The predicted molar refractivity (Wildman–Crippen MR) is 101 cm³/mol. The summed E-state index contributed by atoms with van der Waals surface area (Å²) in [5, 5.41) is 2.93. The average molecular weight is 349 g/mol. The third-order valence-corrected chi connectivity index (χ3v) is 4.05. The van der Waals surface area contributed by atoms with Crippen molar-refractivity contribution >= 4 is 17.7 Å². The van der Waals surface area contributed by atoms with E-state index in [1.165, 1.54) is 7.11 Å². The summed E-state index contributed by atoms with van der Waals surface area (Å²) in [4.78, 5) is 27.7. The molecule has 0 aromatic heterocycles. The van der Waals surface area contributed by atoms with Crippen LogP contribution in [0.2, 0.25) is 0 Å². The molecule has 6 nitrogen and oxygen atoms in total. The Balaban J connectivity index is 2.55. The molecule has 0 aliphatic rings. The average Bonchev–Trinajstić information content (AvgIpc) is 2.59. The molecule has 0 saturated carbocycles. The number of amides is 2. The van der Waals surface area contributed by atoms with Crippen molar-refractivity contribution in [3.05, 3.63) is 29.8 Å². The van der Waals surface area contributed by atoms with Crippen LogP contribution in [0.1, 0.15) is 25.8 Å². The maximum Gasteiger partial charge on any atom is 0.321 e. The van der Waals surface area contributed by atoms with E-state index < -0.39 is 0 Å². The summed E-state index contributed by atoms with van der Waals surface area (Å²) in [6.45, 7) is 6.18. The molecule has 1 atom stereocenters. The van der Waals surface area contributed by atoms with Crippen LogP contribution in [0, 0.1) is 5.92 Å². The number of rotatable bonds is 9. The first-order valence-corrected chi connectivity index (χ1v) is 8.74. The number of anilines is 1. The molecule has 0 fully saturated rings. The van der Waals surface area contributed by atoms with Gasteiger partial charge in [-0.25, -0.2) is 4.79 Å². The van der Waals surface area contributed by atoms with Crippen molar-refractivity contribution in [1.29, 1.82) is 0 Å². The summed E-state index contributed by atoms with van der Waals surface area (Å²) in [6.07, 6.45) is 1.56. The Morgan fingerprint density at radius 1 is 1.16 bits per heavy atom. The number of hydrogen-bond acceptors (Lipinski definition) is 4. The standard InChI is InChI=1S/C19H31N3O3/c1-6-22(13-7-12-21(3)4)19(24)20-17-10-8-16(9-11-17)14-15(2)18(23)25-5/h8-11,15H,6-7,12-14H2,1-5H3,(H,20,24)/t15-/m1/s1. The highest BCUT2D eigenvalue weighted by Crippen LogP contribution is 2.14. The third-order valence-electron chi connectivity index (χ3n) is 4.05. The monoisotopic (exact) mass is 349 g/mol. The van der Waals surface area contributed by atoms with E-state index in [1.54, 1.807) is 4.90 Å². The second-order valence-electron chi connectivity index (χ2n) is 6.49. The minimum Gasteiger partial charge on any atom is -0.469 e. The zero-order chi connectivity index (χ0) is 18.8. The maximum absolute atomic E-state index is 12.4. The lowest BCUT2D eigenvalue weighted by Gasteiger charge is -2.22. The van der Waals surface area contributed by atoms with Gasteiger partial charge >= 0.3 is 12.0 Å². The molecule has 0 unspecified atom stereocenters. The fourth-order valence-electron chi connectivity index (χ4n) is 2.55. The summed E-state index contributed by atoms with van der Waals surface area (Å²) in [5.74, 6) is -0.397. The molecule has 1 rings (SSSR count). The molecule has 0 saturated heterocycles. The van der Waals surface area contributed by atoms with Crippen LogP contribution < -0.4 is 5.32 Å². The van der Waals surface area contributed by atoms with E-state index in [-0.39, 0.29) is 17.9 Å². The van der Waals surface area contributed by atoms with Crippen LogP contribution in [-0.4, -0.2) is 62.6 Å². The number of nitrogens with zero attached hydrogens (tertiary/aromatic N) is 2. The van der Waals surface area contributed by atoms with Crippen LogP contribution in [0.25, 0.3) is 0 Å². The second-order valence-corrected chi connectivity index (χ2v) is 6.49. The van der Waals surface area contributed by atoms with E-state index in [9.17, 15) is 9.59 Å². The fraction of sp³-hybridized carbons (Fsp3) is 0.579.